The lowest BCUT2D eigenvalue weighted by atomic mass is 9.92. The van der Waals surface area contributed by atoms with Gasteiger partial charge < -0.3 is 15.8 Å². The van der Waals surface area contributed by atoms with E-state index < -0.39 is 6.04 Å². The fourth-order valence-electron chi connectivity index (χ4n) is 2.15. The predicted molar refractivity (Wildman–Crippen MR) is 71.3 cm³/mol. The van der Waals surface area contributed by atoms with Crippen LogP contribution in [0.5, 0.6) is 0 Å². The van der Waals surface area contributed by atoms with Gasteiger partial charge in [0, 0.05) is 18.9 Å². The summed E-state index contributed by atoms with van der Waals surface area (Å²) < 4.78 is 5.27. The van der Waals surface area contributed by atoms with Crippen LogP contribution in [0.4, 0.5) is 5.69 Å². The van der Waals surface area contributed by atoms with Gasteiger partial charge in [0.05, 0.1) is 6.04 Å². The normalized spacial score (nSPS) is 18.3. The summed E-state index contributed by atoms with van der Waals surface area (Å²) in [6, 6.07) is 7.27. The molecule has 4 nitrogen and oxygen atoms in total. The average molecular weight is 248 g/mol. The second-order valence-electron chi connectivity index (χ2n) is 4.83. The van der Waals surface area contributed by atoms with Gasteiger partial charge in [0.2, 0.25) is 5.91 Å². The summed E-state index contributed by atoms with van der Waals surface area (Å²) in [6.07, 6.45) is 1.73. The van der Waals surface area contributed by atoms with Crippen LogP contribution in [0.15, 0.2) is 24.3 Å². The van der Waals surface area contributed by atoms with E-state index in [0.717, 1.165) is 18.5 Å². The van der Waals surface area contributed by atoms with Crippen LogP contribution >= 0.6 is 0 Å². The van der Waals surface area contributed by atoms with E-state index in [2.05, 4.69) is 5.32 Å². The average Bonchev–Trinajstić information content (AvgIpc) is 2.41. The SMILES string of the molecule is Cc1ccc(NC(=O)C(N)C2CCOCC2)cc1. The number of benzene rings is 1. The van der Waals surface area contributed by atoms with E-state index in [0.29, 0.717) is 13.2 Å². The molecular formula is C14H20N2O2. The Balaban J connectivity index is 1.92. The van der Waals surface area contributed by atoms with Crippen molar-refractivity contribution in [3.63, 3.8) is 0 Å². The standard InChI is InChI=1S/C14H20N2O2/c1-10-2-4-12(5-3-10)16-14(17)13(15)11-6-8-18-9-7-11/h2-5,11,13H,6-9,15H2,1H3,(H,16,17). The quantitative estimate of drug-likeness (QED) is 0.855. The molecule has 0 aliphatic carbocycles. The molecule has 4 heteroatoms. The maximum absolute atomic E-state index is 12.0. The Kier molecular flexibility index (Phi) is 4.33. The molecule has 1 fully saturated rings. The van der Waals surface area contributed by atoms with Crippen molar-refractivity contribution in [3.8, 4) is 0 Å². The van der Waals surface area contributed by atoms with Gasteiger partial charge in [-0.25, -0.2) is 0 Å². The van der Waals surface area contributed by atoms with Crippen LogP contribution in [0, 0.1) is 12.8 Å². The van der Waals surface area contributed by atoms with E-state index >= 15 is 0 Å². The zero-order valence-corrected chi connectivity index (χ0v) is 10.7. The van der Waals surface area contributed by atoms with Gasteiger partial charge in [-0.2, -0.15) is 0 Å². The molecule has 18 heavy (non-hydrogen) atoms. The van der Waals surface area contributed by atoms with Gasteiger partial charge in [-0.05, 0) is 37.8 Å². The van der Waals surface area contributed by atoms with Gasteiger partial charge in [0.15, 0.2) is 0 Å². The Morgan fingerprint density at radius 2 is 1.94 bits per heavy atom. The van der Waals surface area contributed by atoms with Gasteiger partial charge in [-0.3, -0.25) is 4.79 Å². The monoisotopic (exact) mass is 248 g/mol. The number of anilines is 1. The zero-order chi connectivity index (χ0) is 13.0. The molecule has 0 aromatic heterocycles. The highest BCUT2D eigenvalue weighted by Gasteiger charge is 2.26. The molecule has 1 saturated heterocycles. The first-order valence-electron chi connectivity index (χ1n) is 6.37. The number of hydrogen-bond acceptors (Lipinski definition) is 3. The summed E-state index contributed by atoms with van der Waals surface area (Å²) in [6.45, 7) is 3.42. The molecule has 1 aromatic rings. The number of ether oxygens (including phenoxy) is 1. The first kappa shape index (κ1) is 13.1. The highest BCUT2D eigenvalue weighted by Crippen LogP contribution is 2.19. The molecular weight excluding hydrogens is 228 g/mol. The van der Waals surface area contributed by atoms with Crippen molar-refractivity contribution in [1.29, 1.82) is 0 Å². The van der Waals surface area contributed by atoms with Crippen molar-refractivity contribution in [2.45, 2.75) is 25.8 Å². The smallest absolute Gasteiger partial charge is 0.241 e. The molecule has 2 rings (SSSR count). The van der Waals surface area contributed by atoms with E-state index in [-0.39, 0.29) is 11.8 Å². The zero-order valence-electron chi connectivity index (χ0n) is 10.7. The van der Waals surface area contributed by atoms with Gasteiger partial charge >= 0.3 is 0 Å². The first-order chi connectivity index (χ1) is 8.66. The molecule has 3 N–H and O–H groups in total. The van der Waals surface area contributed by atoms with Gasteiger partial charge in [-0.1, -0.05) is 17.7 Å². The van der Waals surface area contributed by atoms with Crippen molar-refractivity contribution in [1.82, 2.24) is 0 Å². The van der Waals surface area contributed by atoms with Crippen molar-refractivity contribution < 1.29 is 9.53 Å². The molecule has 1 heterocycles. The molecule has 1 aromatic carbocycles. The number of nitrogens with two attached hydrogens (primary N) is 1. The maximum Gasteiger partial charge on any atom is 0.241 e. The molecule has 1 aliphatic rings. The Bertz CT molecular complexity index is 397. The minimum absolute atomic E-state index is 0.106. The Labute approximate surface area is 108 Å². The second kappa shape index (κ2) is 5.98. The lowest BCUT2D eigenvalue weighted by Crippen LogP contribution is -2.43. The summed E-state index contributed by atoms with van der Waals surface area (Å²) in [5, 5.41) is 2.86. The van der Waals surface area contributed by atoms with Crippen molar-refractivity contribution >= 4 is 11.6 Å². The second-order valence-corrected chi connectivity index (χ2v) is 4.83. The number of amides is 1. The number of aryl methyl sites for hydroxylation is 1. The number of rotatable bonds is 3. The summed E-state index contributed by atoms with van der Waals surface area (Å²) in [5.41, 5.74) is 7.97. The van der Waals surface area contributed by atoms with Crippen molar-refractivity contribution in [2.24, 2.45) is 11.7 Å². The highest BCUT2D eigenvalue weighted by atomic mass is 16.5. The van der Waals surface area contributed by atoms with Gasteiger partial charge in [0.25, 0.3) is 0 Å². The molecule has 0 spiro atoms. The number of hydrogen-bond donors (Lipinski definition) is 2. The van der Waals surface area contributed by atoms with E-state index in [1.807, 2.05) is 31.2 Å². The van der Waals surface area contributed by atoms with Gasteiger partial charge in [0.1, 0.15) is 0 Å². The van der Waals surface area contributed by atoms with E-state index in [4.69, 9.17) is 10.5 Å². The molecule has 1 amide bonds. The third-order valence-electron chi connectivity index (χ3n) is 3.40. The predicted octanol–water partition coefficient (Wildman–Crippen LogP) is 1.69. The highest BCUT2D eigenvalue weighted by molar-refractivity contribution is 5.94. The minimum Gasteiger partial charge on any atom is -0.381 e. The third-order valence-corrected chi connectivity index (χ3v) is 3.40. The summed E-state index contributed by atoms with van der Waals surface area (Å²) in [4.78, 5) is 12.0. The molecule has 0 radical (unpaired) electrons. The van der Waals surface area contributed by atoms with E-state index in [9.17, 15) is 4.79 Å². The molecule has 98 valence electrons. The lowest BCUT2D eigenvalue weighted by molar-refractivity contribution is -0.119. The van der Waals surface area contributed by atoms with Crippen molar-refractivity contribution in [2.75, 3.05) is 18.5 Å². The van der Waals surface area contributed by atoms with Crippen molar-refractivity contribution in [3.05, 3.63) is 29.8 Å². The lowest BCUT2D eigenvalue weighted by Gasteiger charge is -2.26. The van der Waals surface area contributed by atoms with Gasteiger partial charge in [-0.15, -0.1) is 0 Å². The van der Waals surface area contributed by atoms with Crippen LogP contribution < -0.4 is 11.1 Å². The first-order valence-corrected chi connectivity index (χ1v) is 6.37. The van der Waals surface area contributed by atoms with Crippen LogP contribution in [-0.4, -0.2) is 25.2 Å². The van der Waals surface area contributed by atoms with Crippen LogP contribution in [0.3, 0.4) is 0 Å². The fraction of sp³-hybridized carbons (Fsp3) is 0.500. The Morgan fingerprint density at radius 1 is 1.33 bits per heavy atom. The number of carbonyl (C=O) groups excluding carboxylic acids is 1. The molecule has 1 atom stereocenters. The molecule has 1 unspecified atom stereocenters. The number of nitrogens with one attached hydrogen (secondary N) is 1. The minimum atomic E-state index is -0.449. The van der Waals surface area contributed by atoms with Crippen LogP contribution in [0.1, 0.15) is 18.4 Å². The van der Waals surface area contributed by atoms with E-state index in [1.165, 1.54) is 5.56 Å². The fourth-order valence-corrected chi connectivity index (χ4v) is 2.15. The molecule has 0 saturated carbocycles. The van der Waals surface area contributed by atoms with Crippen LogP contribution in [0.25, 0.3) is 0 Å². The third kappa shape index (κ3) is 3.31. The largest absolute Gasteiger partial charge is 0.381 e. The Hall–Kier alpha value is -1.39. The van der Waals surface area contributed by atoms with E-state index in [1.54, 1.807) is 0 Å². The topological polar surface area (TPSA) is 64.4 Å². The number of carbonyl (C=O) groups is 1. The summed E-state index contributed by atoms with van der Waals surface area (Å²) >= 11 is 0. The van der Waals surface area contributed by atoms with Crippen LogP contribution in [0.2, 0.25) is 0 Å². The summed E-state index contributed by atoms with van der Waals surface area (Å²) in [7, 11) is 0. The maximum atomic E-state index is 12.0. The molecule has 0 bridgehead atoms. The van der Waals surface area contributed by atoms with Crippen LogP contribution in [-0.2, 0) is 9.53 Å². The Morgan fingerprint density at radius 3 is 2.56 bits per heavy atom. The summed E-state index contributed by atoms with van der Waals surface area (Å²) in [5.74, 6) is 0.120. The molecule has 1 aliphatic heterocycles.